The summed E-state index contributed by atoms with van der Waals surface area (Å²) in [5, 5.41) is 11.8. The van der Waals surface area contributed by atoms with Gasteiger partial charge in [-0.1, -0.05) is 19.3 Å². The van der Waals surface area contributed by atoms with E-state index in [0.29, 0.717) is 34.4 Å². The van der Waals surface area contributed by atoms with Crippen LogP contribution in [-0.2, 0) is 7.05 Å². The second kappa shape index (κ2) is 11.0. The number of aromatic nitrogens is 3. The van der Waals surface area contributed by atoms with Gasteiger partial charge >= 0.3 is 0 Å². The van der Waals surface area contributed by atoms with E-state index in [4.69, 9.17) is 14.2 Å². The van der Waals surface area contributed by atoms with Gasteiger partial charge in [0.1, 0.15) is 17.1 Å². The standard InChI is InChI=1S/C29H33N5O4/c1-18-14-20(31-28-22(17-34(2)33-28)29(35)32-19-8-6-5-7-9-19)10-11-24(18)38-25-12-13-30-23-16-27(37-4)26(36-3)15-21(23)25/h10-17,19H,5-9H2,1-4H3,(H,31,33)(H,32,35). The lowest BCUT2D eigenvalue weighted by molar-refractivity contribution is 0.0928. The normalized spacial score (nSPS) is 13.8. The monoisotopic (exact) mass is 515 g/mol. The Hall–Kier alpha value is -4.27. The molecule has 1 aliphatic carbocycles. The van der Waals surface area contributed by atoms with E-state index in [1.165, 1.54) is 6.42 Å². The summed E-state index contributed by atoms with van der Waals surface area (Å²) in [5.74, 6) is 3.00. The fraction of sp³-hybridized carbons (Fsp3) is 0.345. The van der Waals surface area contributed by atoms with Crippen LogP contribution in [0.1, 0.15) is 48.0 Å². The van der Waals surface area contributed by atoms with Crippen LogP contribution in [0.3, 0.4) is 0 Å². The number of carbonyl (C=O) groups is 1. The van der Waals surface area contributed by atoms with Gasteiger partial charge in [-0.3, -0.25) is 14.5 Å². The molecule has 1 aliphatic rings. The first-order chi connectivity index (χ1) is 18.4. The Morgan fingerprint density at radius 2 is 1.74 bits per heavy atom. The van der Waals surface area contributed by atoms with Crippen molar-refractivity contribution in [2.45, 2.75) is 45.1 Å². The van der Waals surface area contributed by atoms with Crippen molar-refractivity contribution in [2.24, 2.45) is 7.05 Å². The molecule has 2 aromatic carbocycles. The highest BCUT2D eigenvalue weighted by atomic mass is 16.5. The average Bonchev–Trinajstić information content (AvgIpc) is 3.30. The third-order valence-electron chi connectivity index (χ3n) is 6.88. The number of amides is 1. The van der Waals surface area contributed by atoms with Crippen LogP contribution in [0.25, 0.3) is 10.9 Å². The van der Waals surface area contributed by atoms with E-state index in [0.717, 1.165) is 47.8 Å². The van der Waals surface area contributed by atoms with E-state index < -0.39 is 0 Å². The lowest BCUT2D eigenvalue weighted by atomic mass is 9.95. The molecule has 198 valence electrons. The minimum Gasteiger partial charge on any atom is -0.493 e. The summed E-state index contributed by atoms with van der Waals surface area (Å²) in [7, 11) is 5.01. The molecular weight excluding hydrogens is 482 g/mol. The fourth-order valence-electron chi connectivity index (χ4n) is 4.89. The fourth-order valence-corrected chi connectivity index (χ4v) is 4.89. The quantitative estimate of drug-likeness (QED) is 0.302. The lowest BCUT2D eigenvalue weighted by Crippen LogP contribution is -2.36. The van der Waals surface area contributed by atoms with Gasteiger partial charge in [0.15, 0.2) is 17.3 Å². The number of hydrogen-bond acceptors (Lipinski definition) is 7. The highest BCUT2D eigenvalue weighted by Crippen LogP contribution is 2.38. The van der Waals surface area contributed by atoms with Crippen molar-refractivity contribution in [1.82, 2.24) is 20.1 Å². The summed E-state index contributed by atoms with van der Waals surface area (Å²) in [6.45, 7) is 1.97. The maximum Gasteiger partial charge on any atom is 0.256 e. The molecule has 0 spiro atoms. The number of nitrogens with one attached hydrogen (secondary N) is 2. The van der Waals surface area contributed by atoms with Crippen LogP contribution >= 0.6 is 0 Å². The summed E-state index contributed by atoms with van der Waals surface area (Å²) >= 11 is 0. The molecule has 1 amide bonds. The number of hydrogen-bond donors (Lipinski definition) is 2. The number of methoxy groups -OCH3 is 2. The Balaban J connectivity index is 1.35. The smallest absolute Gasteiger partial charge is 0.256 e. The van der Waals surface area contributed by atoms with Crippen LogP contribution in [0.2, 0.25) is 0 Å². The molecule has 2 aromatic heterocycles. The van der Waals surface area contributed by atoms with Gasteiger partial charge < -0.3 is 24.8 Å². The SMILES string of the molecule is COc1cc2nccc(Oc3ccc(Nc4nn(C)cc4C(=O)NC4CCCCC4)cc3C)c2cc1OC. The van der Waals surface area contributed by atoms with Crippen LogP contribution in [0.4, 0.5) is 11.5 Å². The Kier molecular flexibility index (Phi) is 7.35. The second-order valence-electron chi connectivity index (χ2n) is 9.61. The third-order valence-corrected chi connectivity index (χ3v) is 6.88. The van der Waals surface area contributed by atoms with Gasteiger partial charge in [-0.15, -0.1) is 0 Å². The van der Waals surface area contributed by atoms with Crippen molar-refractivity contribution in [3.05, 3.63) is 59.9 Å². The zero-order chi connectivity index (χ0) is 26.6. The molecule has 1 saturated carbocycles. The molecule has 5 rings (SSSR count). The predicted molar refractivity (Wildman–Crippen MR) is 147 cm³/mol. The van der Waals surface area contributed by atoms with Crippen LogP contribution in [-0.4, -0.2) is 40.9 Å². The van der Waals surface area contributed by atoms with E-state index in [2.05, 4.69) is 20.7 Å². The molecule has 0 aliphatic heterocycles. The largest absolute Gasteiger partial charge is 0.493 e. The minimum absolute atomic E-state index is 0.0965. The first-order valence-corrected chi connectivity index (χ1v) is 12.9. The molecule has 9 nitrogen and oxygen atoms in total. The van der Waals surface area contributed by atoms with E-state index in [1.807, 2.05) is 50.4 Å². The predicted octanol–water partition coefficient (Wildman–Crippen LogP) is 5.89. The van der Waals surface area contributed by atoms with E-state index in [9.17, 15) is 4.79 Å². The molecule has 0 saturated heterocycles. The van der Waals surface area contributed by atoms with Gasteiger partial charge in [-0.2, -0.15) is 5.10 Å². The van der Waals surface area contributed by atoms with E-state index in [1.54, 1.807) is 31.3 Å². The summed E-state index contributed by atoms with van der Waals surface area (Å²) < 4.78 is 18.8. The maximum atomic E-state index is 13.0. The molecule has 0 atom stereocenters. The summed E-state index contributed by atoms with van der Waals surface area (Å²) in [5.41, 5.74) is 3.00. The topological polar surface area (TPSA) is 99.5 Å². The van der Waals surface area contributed by atoms with Gasteiger partial charge in [-0.05, 0) is 55.7 Å². The van der Waals surface area contributed by atoms with Crippen molar-refractivity contribution in [3.63, 3.8) is 0 Å². The van der Waals surface area contributed by atoms with Crippen LogP contribution in [0.5, 0.6) is 23.0 Å². The zero-order valence-electron chi connectivity index (χ0n) is 22.2. The molecule has 4 aromatic rings. The number of anilines is 2. The number of ether oxygens (including phenoxy) is 3. The third kappa shape index (κ3) is 5.37. The highest BCUT2D eigenvalue weighted by Gasteiger charge is 2.21. The van der Waals surface area contributed by atoms with Gasteiger partial charge in [0.2, 0.25) is 0 Å². The minimum atomic E-state index is -0.0965. The number of benzene rings is 2. The van der Waals surface area contributed by atoms with Crippen molar-refractivity contribution in [2.75, 3.05) is 19.5 Å². The second-order valence-corrected chi connectivity index (χ2v) is 9.61. The number of rotatable bonds is 8. The number of fused-ring (bicyclic) bond motifs is 1. The van der Waals surface area contributed by atoms with Gasteiger partial charge in [0.05, 0.1) is 19.7 Å². The maximum absolute atomic E-state index is 13.0. The van der Waals surface area contributed by atoms with Gasteiger partial charge in [0.25, 0.3) is 5.91 Å². The molecule has 38 heavy (non-hydrogen) atoms. The van der Waals surface area contributed by atoms with Crippen molar-refractivity contribution < 1.29 is 19.0 Å². The Morgan fingerprint density at radius 3 is 2.47 bits per heavy atom. The Bertz CT molecular complexity index is 1460. The van der Waals surface area contributed by atoms with E-state index >= 15 is 0 Å². The van der Waals surface area contributed by atoms with Crippen molar-refractivity contribution >= 4 is 28.3 Å². The average molecular weight is 516 g/mol. The number of aryl methyl sites for hydroxylation is 2. The molecular formula is C29H33N5O4. The first-order valence-electron chi connectivity index (χ1n) is 12.9. The van der Waals surface area contributed by atoms with E-state index in [-0.39, 0.29) is 11.9 Å². The van der Waals surface area contributed by atoms with Crippen LogP contribution in [0, 0.1) is 6.92 Å². The van der Waals surface area contributed by atoms with Crippen LogP contribution in [0.15, 0.2) is 48.8 Å². The van der Waals surface area contributed by atoms with Crippen molar-refractivity contribution in [1.29, 1.82) is 0 Å². The van der Waals surface area contributed by atoms with Crippen LogP contribution < -0.4 is 24.8 Å². The molecule has 2 heterocycles. The molecule has 0 unspecified atom stereocenters. The molecule has 0 bridgehead atoms. The zero-order valence-corrected chi connectivity index (χ0v) is 22.2. The number of nitrogens with zero attached hydrogens (tertiary/aromatic N) is 3. The highest BCUT2D eigenvalue weighted by molar-refractivity contribution is 5.99. The lowest BCUT2D eigenvalue weighted by Gasteiger charge is -2.22. The molecule has 2 N–H and O–H groups in total. The summed E-state index contributed by atoms with van der Waals surface area (Å²) in [6.07, 6.45) is 9.08. The van der Waals surface area contributed by atoms with Crippen molar-refractivity contribution in [3.8, 4) is 23.0 Å². The number of pyridine rings is 1. The molecule has 1 fully saturated rings. The molecule has 9 heteroatoms. The Labute approximate surface area is 222 Å². The summed E-state index contributed by atoms with van der Waals surface area (Å²) in [6, 6.07) is 11.5. The van der Waals surface area contributed by atoms with Gasteiger partial charge in [0, 0.05) is 42.6 Å². The molecule has 0 radical (unpaired) electrons. The number of carbonyl (C=O) groups excluding carboxylic acids is 1. The van der Waals surface area contributed by atoms with Gasteiger partial charge in [-0.25, -0.2) is 0 Å². The summed E-state index contributed by atoms with van der Waals surface area (Å²) in [4.78, 5) is 17.5. The Morgan fingerprint density at radius 1 is 0.974 bits per heavy atom. The first kappa shape index (κ1) is 25.4.